The number of methoxy groups -OCH3 is 1. The van der Waals surface area contributed by atoms with Crippen LogP contribution in [0.25, 0.3) is 0 Å². The average molecular weight is 357 g/mol. The number of carbonyl (C=O) groups excluding carboxylic acids is 2. The molecule has 1 heterocycles. The molecule has 0 radical (unpaired) electrons. The van der Waals surface area contributed by atoms with Gasteiger partial charge in [0.2, 0.25) is 5.91 Å². The summed E-state index contributed by atoms with van der Waals surface area (Å²) in [6.07, 6.45) is 0. The van der Waals surface area contributed by atoms with E-state index >= 15 is 0 Å². The number of carbonyl (C=O) groups is 2. The van der Waals surface area contributed by atoms with Gasteiger partial charge in [0.1, 0.15) is 18.1 Å². The molecule has 2 aromatic rings. The number of hydrogen-bond donors (Lipinski definition) is 1. The largest absolute Gasteiger partial charge is 0.497 e. The Balaban J connectivity index is 1.70. The lowest BCUT2D eigenvalue weighted by atomic mass is 10.1. The van der Waals surface area contributed by atoms with E-state index in [1.807, 2.05) is 6.92 Å². The smallest absolute Gasteiger partial charge is 0.322 e. The van der Waals surface area contributed by atoms with Gasteiger partial charge in [-0.1, -0.05) is 12.1 Å². The van der Waals surface area contributed by atoms with E-state index in [-0.39, 0.29) is 24.2 Å². The van der Waals surface area contributed by atoms with E-state index in [1.54, 1.807) is 48.4 Å². The number of amides is 3. The maximum absolute atomic E-state index is 13.7. The minimum atomic E-state index is -0.517. The van der Waals surface area contributed by atoms with Crippen molar-refractivity contribution < 1.29 is 18.7 Å². The van der Waals surface area contributed by atoms with Gasteiger partial charge < -0.3 is 19.9 Å². The molecule has 1 atom stereocenters. The number of para-hydroxylation sites is 1. The monoisotopic (exact) mass is 357 g/mol. The highest BCUT2D eigenvalue weighted by Crippen LogP contribution is 2.23. The molecule has 26 heavy (non-hydrogen) atoms. The molecule has 1 aliphatic rings. The number of ether oxygens (including phenoxy) is 1. The molecule has 0 aliphatic carbocycles. The normalized spacial score (nSPS) is 17.2. The van der Waals surface area contributed by atoms with Crippen LogP contribution < -0.4 is 15.0 Å². The average Bonchev–Trinajstić information content (AvgIpc) is 2.65. The van der Waals surface area contributed by atoms with Gasteiger partial charge in [-0.15, -0.1) is 0 Å². The second-order valence-electron chi connectivity index (χ2n) is 6.09. The van der Waals surface area contributed by atoms with Crippen molar-refractivity contribution >= 4 is 23.3 Å². The van der Waals surface area contributed by atoms with Crippen LogP contribution in [0.2, 0.25) is 0 Å². The molecular formula is C19H20FN3O3. The van der Waals surface area contributed by atoms with Gasteiger partial charge in [-0.05, 0) is 43.3 Å². The van der Waals surface area contributed by atoms with E-state index in [0.717, 1.165) is 5.69 Å². The predicted molar refractivity (Wildman–Crippen MR) is 96.9 cm³/mol. The highest BCUT2D eigenvalue weighted by molar-refractivity contribution is 6.00. The van der Waals surface area contributed by atoms with Crippen molar-refractivity contribution in [2.24, 2.45) is 0 Å². The summed E-state index contributed by atoms with van der Waals surface area (Å²) >= 11 is 0. The third-order valence-corrected chi connectivity index (χ3v) is 4.35. The summed E-state index contributed by atoms with van der Waals surface area (Å²) in [5.74, 6) is -0.00852. The summed E-state index contributed by atoms with van der Waals surface area (Å²) in [5.41, 5.74) is 0.839. The van der Waals surface area contributed by atoms with Crippen molar-refractivity contribution in [3.05, 3.63) is 54.3 Å². The number of rotatable bonds is 3. The van der Waals surface area contributed by atoms with E-state index < -0.39 is 11.8 Å². The van der Waals surface area contributed by atoms with E-state index in [4.69, 9.17) is 4.74 Å². The molecule has 0 spiro atoms. The molecule has 7 heteroatoms. The highest BCUT2D eigenvalue weighted by Gasteiger charge is 2.33. The molecule has 3 rings (SSSR count). The number of hydrogen-bond acceptors (Lipinski definition) is 3. The Hall–Kier alpha value is -3.09. The maximum Gasteiger partial charge on any atom is 0.322 e. The summed E-state index contributed by atoms with van der Waals surface area (Å²) in [7, 11) is 1.58. The third kappa shape index (κ3) is 3.61. The topological polar surface area (TPSA) is 61.9 Å². The number of anilines is 2. The lowest BCUT2D eigenvalue weighted by Gasteiger charge is -2.39. The number of halogens is 1. The Labute approximate surface area is 151 Å². The molecule has 1 fully saturated rings. The molecule has 1 unspecified atom stereocenters. The molecule has 0 aromatic heterocycles. The third-order valence-electron chi connectivity index (χ3n) is 4.35. The first-order chi connectivity index (χ1) is 12.5. The number of urea groups is 1. The van der Waals surface area contributed by atoms with Gasteiger partial charge in [0.25, 0.3) is 0 Å². The second kappa shape index (κ2) is 7.43. The van der Waals surface area contributed by atoms with E-state index in [0.29, 0.717) is 12.3 Å². The van der Waals surface area contributed by atoms with Crippen LogP contribution >= 0.6 is 0 Å². The SMILES string of the molecule is COc1ccc(N2CC(C)N(C(=O)Nc3ccccc3F)CC2=O)cc1. The summed E-state index contributed by atoms with van der Waals surface area (Å²) in [5, 5.41) is 2.53. The van der Waals surface area contributed by atoms with Crippen LogP contribution in [0.15, 0.2) is 48.5 Å². The first-order valence-electron chi connectivity index (χ1n) is 8.26. The van der Waals surface area contributed by atoms with Crippen molar-refractivity contribution in [1.82, 2.24) is 4.90 Å². The van der Waals surface area contributed by atoms with Gasteiger partial charge in [-0.2, -0.15) is 0 Å². The zero-order chi connectivity index (χ0) is 18.7. The fourth-order valence-corrected chi connectivity index (χ4v) is 2.88. The van der Waals surface area contributed by atoms with Gasteiger partial charge in [0.15, 0.2) is 0 Å². The van der Waals surface area contributed by atoms with Crippen LogP contribution in [0.4, 0.5) is 20.6 Å². The van der Waals surface area contributed by atoms with Gasteiger partial charge >= 0.3 is 6.03 Å². The fourth-order valence-electron chi connectivity index (χ4n) is 2.88. The molecule has 6 nitrogen and oxygen atoms in total. The quantitative estimate of drug-likeness (QED) is 0.918. The Bertz CT molecular complexity index is 810. The maximum atomic E-state index is 13.7. The van der Waals surface area contributed by atoms with Crippen molar-refractivity contribution in [1.29, 1.82) is 0 Å². The number of piperazine rings is 1. The minimum Gasteiger partial charge on any atom is -0.497 e. The van der Waals surface area contributed by atoms with Gasteiger partial charge in [-0.3, -0.25) is 4.79 Å². The molecular weight excluding hydrogens is 337 g/mol. The molecule has 136 valence electrons. The number of benzene rings is 2. The van der Waals surface area contributed by atoms with Gasteiger partial charge in [0.05, 0.1) is 12.8 Å². The highest BCUT2D eigenvalue weighted by atomic mass is 19.1. The first kappa shape index (κ1) is 17.7. The summed E-state index contributed by atoms with van der Waals surface area (Å²) in [6, 6.07) is 12.4. The summed E-state index contributed by atoms with van der Waals surface area (Å²) < 4.78 is 18.8. The number of nitrogens with one attached hydrogen (secondary N) is 1. The molecule has 3 amide bonds. The summed E-state index contributed by atoms with van der Waals surface area (Å²) in [6.45, 7) is 2.13. The zero-order valence-corrected chi connectivity index (χ0v) is 14.6. The molecule has 0 bridgehead atoms. The zero-order valence-electron chi connectivity index (χ0n) is 14.6. The van der Waals surface area contributed by atoms with Crippen molar-refractivity contribution in [2.75, 3.05) is 30.4 Å². The number of nitrogens with zero attached hydrogens (tertiary/aromatic N) is 2. The predicted octanol–water partition coefficient (Wildman–Crippen LogP) is 3.10. The Morgan fingerprint density at radius 2 is 1.88 bits per heavy atom. The molecule has 1 N–H and O–H groups in total. The fraction of sp³-hybridized carbons (Fsp3) is 0.263. The van der Waals surface area contributed by atoms with Crippen molar-refractivity contribution in [3.63, 3.8) is 0 Å². The molecule has 0 saturated carbocycles. The van der Waals surface area contributed by atoms with Crippen LogP contribution in [0.1, 0.15) is 6.92 Å². The van der Waals surface area contributed by atoms with E-state index in [2.05, 4.69) is 5.32 Å². The van der Waals surface area contributed by atoms with Gasteiger partial charge in [-0.25, -0.2) is 9.18 Å². The molecule has 2 aromatic carbocycles. The van der Waals surface area contributed by atoms with Crippen molar-refractivity contribution in [2.45, 2.75) is 13.0 Å². The molecule has 1 saturated heterocycles. The van der Waals surface area contributed by atoms with E-state index in [1.165, 1.54) is 17.0 Å². The standard InChI is InChI=1S/C19H20FN3O3/c1-13-11-23(14-7-9-15(26-2)10-8-14)18(24)12-22(13)19(25)21-17-6-4-3-5-16(17)20/h3-10,13H,11-12H2,1-2H3,(H,21,25). The van der Waals surface area contributed by atoms with Crippen LogP contribution in [-0.2, 0) is 4.79 Å². The van der Waals surface area contributed by atoms with Crippen LogP contribution in [0.3, 0.4) is 0 Å². The summed E-state index contributed by atoms with van der Waals surface area (Å²) in [4.78, 5) is 28.0. The lowest BCUT2D eigenvalue weighted by Crippen LogP contribution is -2.58. The van der Waals surface area contributed by atoms with Gasteiger partial charge in [0, 0.05) is 18.3 Å². The van der Waals surface area contributed by atoms with Crippen LogP contribution in [0.5, 0.6) is 5.75 Å². The van der Waals surface area contributed by atoms with E-state index in [9.17, 15) is 14.0 Å². The van der Waals surface area contributed by atoms with Crippen LogP contribution in [-0.4, -0.2) is 43.1 Å². The van der Waals surface area contributed by atoms with Crippen LogP contribution in [0, 0.1) is 5.82 Å². The lowest BCUT2D eigenvalue weighted by molar-refractivity contribution is -0.121. The molecule has 1 aliphatic heterocycles. The Kier molecular flexibility index (Phi) is 5.06. The minimum absolute atomic E-state index is 0.0759. The second-order valence-corrected chi connectivity index (χ2v) is 6.09. The Morgan fingerprint density at radius 3 is 2.54 bits per heavy atom. The van der Waals surface area contributed by atoms with Crippen molar-refractivity contribution in [3.8, 4) is 5.75 Å². The first-order valence-corrected chi connectivity index (χ1v) is 8.26. The Morgan fingerprint density at radius 1 is 1.19 bits per heavy atom.